The summed E-state index contributed by atoms with van der Waals surface area (Å²) in [5.74, 6) is 0. The van der Waals surface area contributed by atoms with E-state index < -0.39 is 0 Å². The Hall–Kier alpha value is -0.380. The van der Waals surface area contributed by atoms with Gasteiger partial charge in [-0.25, -0.2) is 0 Å². The predicted molar refractivity (Wildman–Crippen MR) is 63.0 cm³/mol. The molecular weight excluding hydrogens is 222 g/mol. The third kappa shape index (κ3) is 1.41. The van der Waals surface area contributed by atoms with Crippen LogP contribution in [0.1, 0.15) is 0 Å². The van der Waals surface area contributed by atoms with Crippen LogP contribution in [0.25, 0.3) is 10.1 Å². The van der Waals surface area contributed by atoms with Gasteiger partial charge in [-0.15, -0.1) is 23.1 Å². The Labute approximate surface area is 89.9 Å². The van der Waals surface area contributed by atoms with Crippen LogP contribution < -0.4 is 5.73 Å². The van der Waals surface area contributed by atoms with Gasteiger partial charge in [0.2, 0.25) is 0 Å². The Morgan fingerprint density at radius 2 is 2.23 bits per heavy atom. The lowest BCUT2D eigenvalue weighted by Gasteiger charge is -2.00. The second kappa shape index (κ2) is 3.40. The van der Waals surface area contributed by atoms with E-state index in [1.165, 1.54) is 4.90 Å². The molecule has 0 aliphatic carbocycles. The van der Waals surface area contributed by atoms with Crippen LogP contribution in [0, 0.1) is 0 Å². The maximum Gasteiger partial charge on any atom is 0.0586 e. The molecule has 0 saturated carbocycles. The van der Waals surface area contributed by atoms with Gasteiger partial charge < -0.3 is 5.73 Å². The van der Waals surface area contributed by atoms with Crippen molar-refractivity contribution in [2.45, 2.75) is 4.90 Å². The van der Waals surface area contributed by atoms with Gasteiger partial charge in [0, 0.05) is 21.3 Å². The summed E-state index contributed by atoms with van der Waals surface area (Å²) >= 11 is 9.39. The zero-order valence-corrected chi connectivity index (χ0v) is 9.39. The topological polar surface area (TPSA) is 26.0 Å². The molecule has 2 aromatic rings. The van der Waals surface area contributed by atoms with Gasteiger partial charge in [-0.2, -0.15) is 0 Å². The van der Waals surface area contributed by atoms with Crippen molar-refractivity contribution in [1.29, 1.82) is 0 Å². The minimum absolute atomic E-state index is 0.787. The number of rotatable bonds is 1. The zero-order chi connectivity index (χ0) is 9.42. The van der Waals surface area contributed by atoms with Crippen molar-refractivity contribution in [3.8, 4) is 0 Å². The number of halogens is 1. The zero-order valence-electron chi connectivity index (χ0n) is 7.00. The first-order chi connectivity index (χ1) is 6.24. The molecule has 0 saturated heterocycles. The number of thiophene rings is 1. The average Bonchev–Trinajstić information content (AvgIpc) is 2.56. The maximum absolute atomic E-state index is 6.04. The van der Waals surface area contributed by atoms with Gasteiger partial charge in [-0.3, -0.25) is 0 Å². The van der Waals surface area contributed by atoms with E-state index in [0.717, 1.165) is 20.8 Å². The van der Waals surface area contributed by atoms with Crippen molar-refractivity contribution in [3.05, 3.63) is 22.5 Å². The maximum atomic E-state index is 6.04. The SMILES string of the molecule is CSc1csc2c(Cl)ccc(N)c12. The number of benzene rings is 1. The predicted octanol–water partition coefficient (Wildman–Crippen LogP) is 3.86. The summed E-state index contributed by atoms with van der Waals surface area (Å²) < 4.78 is 1.09. The summed E-state index contributed by atoms with van der Waals surface area (Å²) in [4.78, 5) is 1.21. The van der Waals surface area contributed by atoms with E-state index in [4.69, 9.17) is 17.3 Å². The molecule has 1 nitrogen and oxygen atoms in total. The molecule has 1 aromatic carbocycles. The quantitative estimate of drug-likeness (QED) is 0.594. The van der Waals surface area contributed by atoms with E-state index >= 15 is 0 Å². The van der Waals surface area contributed by atoms with Gasteiger partial charge in [-0.1, -0.05) is 11.6 Å². The molecular formula is C9H8ClNS2. The first kappa shape index (κ1) is 9.19. The molecule has 0 spiro atoms. The highest BCUT2D eigenvalue weighted by molar-refractivity contribution is 7.99. The minimum atomic E-state index is 0.787. The molecule has 0 bridgehead atoms. The van der Waals surface area contributed by atoms with E-state index in [-0.39, 0.29) is 0 Å². The molecule has 0 radical (unpaired) electrons. The molecule has 0 amide bonds. The number of fused-ring (bicyclic) bond motifs is 1. The van der Waals surface area contributed by atoms with Crippen molar-refractivity contribution in [1.82, 2.24) is 0 Å². The lowest BCUT2D eigenvalue weighted by molar-refractivity contribution is 1.65. The highest BCUT2D eigenvalue weighted by atomic mass is 35.5. The molecule has 0 unspecified atom stereocenters. The fourth-order valence-corrected chi connectivity index (χ4v) is 3.44. The summed E-state index contributed by atoms with van der Waals surface area (Å²) in [5.41, 5.74) is 6.69. The summed E-state index contributed by atoms with van der Waals surface area (Å²) in [5, 5.41) is 3.98. The molecule has 4 heteroatoms. The van der Waals surface area contributed by atoms with Gasteiger partial charge >= 0.3 is 0 Å². The van der Waals surface area contributed by atoms with E-state index in [9.17, 15) is 0 Å². The van der Waals surface area contributed by atoms with E-state index in [1.54, 1.807) is 23.1 Å². The van der Waals surface area contributed by atoms with Gasteiger partial charge in [0.1, 0.15) is 0 Å². The van der Waals surface area contributed by atoms with Crippen LogP contribution in [-0.4, -0.2) is 6.26 Å². The van der Waals surface area contributed by atoms with Crippen LogP contribution in [0.4, 0.5) is 5.69 Å². The molecule has 0 aliphatic heterocycles. The lowest BCUT2D eigenvalue weighted by atomic mass is 10.2. The van der Waals surface area contributed by atoms with Crippen molar-refractivity contribution in [2.75, 3.05) is 12.0 Å². The van der Waals surface area contributed by atoms with Crippen LogP contribution in [0.5, 0.6) is 0 Å². The number of thioether (sulfide) groups is 1. The summed E-state index contributed by atoms with van der Waals surface area (Å²) in [6.07, 6.45) is 2.04. The van der Waals surface area contributed by atoms with Gasteiger partial charge in [0.05, 0.1) is 9.72 Å². The van der Waals surface area contributed by atoms with Gasteiger partial charge in [0.15, 0.2) is 0 Å². The van der Waals surface area contributed by atoms with Crippen LogP contribution in [0.2, 0.25) is 5.02 Å². The Morgan fingerprint density at radius 1 is 1.46 bits per heavy atom. The minimum Gasteiger partial charge on any atom is -0.398 e. The highest BCUT2D eigenvalue weighted by Gasteiger charge is 2.08. The van der Waals surface area contributed by atoms with Gasteiger partial charge in [-0.05, 0) is 18.4 Å². The Kier molecular flexibility index (Phi) is 2.41. The fourth-order valence-electron chi connectivity index (χ4n) is 1.26. The normalized spacial score (nSPS) is 10.9. The molecule has 1 heterocycles. The monoisotopic (exact) mass is 229 g/mol. The second-order valence-electron chi connectivity index (χ2n) is 2.64. The summed E-state index contributed by atoms with van der Waals surface area (Å²) in [6.45, 7) is 0. The van der Waals surface area contributed by atoms with E-state index in [0.29, 0.717) is 0 Å². The number of hydrogen-bond donors (Lipinski definition) is 1. The molecule has 0 aliphatic rings. The highest BCUT2D eigenvalue weighted by Crippen LogP contribution is 2.39. The Bertz CT molecular complexity index is 450. The van der Waals surface area contributed by atoms with Crippen LogP contribution >= 0.6 is 34.7 Å². The van der Waals surface area contributed by atoms with Crippen molar-refractivity contribution in [2.24, 2.45) is 0 Å². The first-order valence-corrected chi connectivity index (χ1v) is 6.21. The van der Waals surface area contributed by atoms with Crippen LogP contribution in [0.15, 0.2) is 22.4 Å². The Morgan fingerprint density at radius 3 is 2.92 bits per heavy atom. The largest absolute Gasteiger partial charge is 0.398 e. The molecule has 2 N–H and O–H groups in total. The smallest absolute Gasteiger partial charge is 0.0586 e. The Balaban J connectivity index is 2.87. The van der Waals surface area contributed by atoms with Gasteiger partial charge in [0.25, 0.3) is 0 Å². The molecule has 13 heavy (non-hydrogen) atoms. The van der Waals surface area contributed by atoms with E-state index in [1.807, 2.05) is 18.4 Å². The standard InChI is InChI=1S/C9H8ClNS2/c1-12-7-4-13-9-5(10)2-3-6(11)8(7)9/h2-4H,11H2,1H3. The first-order valence-electron chi connectivity index (χ1n) is 3.73. The van der Waals surface area contributed by atoms with Crippen LogP contribution in [-0.2, 0) is 0 Å². The van der Waals surface area contributed by atoms with E-state index in [2.05, 4.69) is 5.38 Å². The molecule has 2 rings (SSSR count). The molecule has 0 fully saturated rings. The summed E-state index contributed by atoms with van der Waals surface area (Å²) in [7, 11) is 0. The second-order valence-corrected chi connectivity index (χ2v) is 4.78. The number of hydrogen-bond acceptors (Lipinski definition) is 3. The number of nitrogens with two attached hydrogens (primary N) is 1. The third-order valence-electron chi connectivity index (χ3n) is 1.89. The molecule has 68 valence electrons. The number of nitrogen functional groups attached to an aromatic ring is 1. The fraction of sp³-hybridized carbons (Fsp3) is 0.111. The summed E-state index contributed by atoms with van der Waals surface area (Å²) in [6, 6.07) is 3.71. The number of anilines is 1. The van der Waals surface area contributed by atoms with Crippen molar-refractivity contribution in [3.63, 3.8) is 0 Å². The average molecular weight is 230 g/mol. The van der Waals surface area contributed by atoms with Crippen LogP contribution in [0.3, 0.4) is 0 Å². The molecule has 0 atom stereocenters. The van der Waals surface area contributed by atoms with Crippen molar-refractivity contribution >= 4 is 50.5 Å². The molecule has 1 aromatic heterocycles. The van der Waals surface area contributed by atoms with Crippen molar-refractivity contribution < 1.29 is 0 Å². The third-order valence-corrected chi connectivity index (χ3v) is 4.24. The lowest BCUT2D eigenvalue weighted by Crippen LogP contribution is -1.85.